The van der Waals surface area contributed by atoms with Gasteiger partial charge in [0.25, 0.3) is 11.8 Å². The summed E-state index contributed by atoms with van der Waals surface area (Å²) in [6.07, 6.45) is 6.54. The van der Waals surface area contributed by atoms with Crippen LogP contribution in [0.15, 0.2) is 54.9 Å². The normalized spacial score (nSPS) is 19.6. The molecule has 2 fully saturated rings. The highest BCUT2D eigenvalue weighted by molar-refractivity contribution is 6.06. The van der Waals surface area contributed by atoms with E-state index >= 15 is 0 Å². The molecule has 1 radical (unpaired) electrons. The first kappa shape index (κ1) is 23.1. The summed E-state index contributed by atoms with van der Waals surface area (Å²) in [4.78, 5) is 43.0. The zero-order valence-electron chi connectivity index (χ0n) is 19.8. The fraction of sp³-hybridized carbons (Fsp3) is 0.333. The first-order chi connectivity index (χ1) is 17.0. The number of nitrogens with two attached hydrogens (primary N) is 1. The van der Waals surface area contributed by atoms with E-state index in [-0.39, 0.29) is 17.2 Å². The average molecular weight is 470 g/mol. The van der Waals surface area contributed by atoms with Crippen molar-refractivity contribution in [3.8, 4) is 11.4 Å². The molecule has 2 amide bonds. The maximum atomic E-state index is 13.5. The van der Waals surface area contributed by atoms with Gasteiger partial charge in [-0.15, -0.1) is 0 Å². The van der Waals surface area contributed by atoms with E-state index in [0.717, 1.165) is 26.1 Å². The van der Waals surface area contributed by atoms with Crippen molar-refractivity contribution in [3.63, 3.8) is 0 Å². The summed E-state index contributed by atoms with van der Waals surface area (Å²) >= 11 is 0. The van der Waals surface area contributed by atoms with Gasteiger partial charge in [-0.2, -0.15) is 0 Å². The van der Waals surface area contributed by atoms with Crippen molar-refractivity contribution in [1.29, 1.82) is 0 Å². The van der Waals surface area contributed by atoms with Crippen LogP contribution in [0.25, 0.3) is 11.4 Å². The van der Waals surface area contributed by atoms with Gasteiger partial charge in [0, 0.05) is 44.1 Å². The molecule has 4 heterocycles. The van der Waals surface area contributed by atoms with E-state index in [0.29, 0.717) is 42.0 Å². The molecule has 2 N–H and O–H groups in total. The molecular weight excluding hydrogens is 440 g/mol. The number of hydrogen-bond acceptors (Lipinski definition) is 6. The molecule has 2 aromatic heterocycles. The van der Waals surface area contributed by atoms with Crippen molar-refractivity contribution in [2.45, 2.75) is 13.3 Å². The van der Waals surface area contributed by atoms with E-state index in [2.05, 4.69) is 50.5 Å². The number of nitrogens with zero attached hydrogens (tertiary/aromatic N) is 5. The Hall–Kier alpha value is -3.65. The van der Waals surface area contributed by atoms with Crippen molar-refractivity contribution in [2.24, 2.45) is 17.6 Å². The van der Waals surface area contributed by atoms with Gasteiger partial charge >= 0.3 is 0 Å². The Bertz CT molecular complexity index is 1200. The molecule has 1 aromatic carbocycles. The predicted molar refractivity (Wildman–Crippen MR) is 132 cm³/mol. The molecule has 3 aromatic rings. The minimum Gasteiger partial charge on any atom is -0.364 e. The fourth-order valence-electron chi connectivity index (χ4n) is 5.24. The molecule has 0 spiro atoms. The Morgan fingerprint density at radius 3 is 2.34 bits per heavy atom. The smallest absolute Gasteiger partial charge is 0.268 e. The summed E-state index contributed by atoms with van der Waals surface area (Å²) in [6, 6.07) is 13.9. The molecular formula is C27H29N6O2. The third kappa shape index (κ3) is 4.93. The van der Waals surface area contributed by atoms with Crippen LogP contribution >= 0.6 is 0 Å². The molecule has 0 bridgehead atoms. The van der Waals surface area contributed by atoms with Gasteiger partial charge in [-0.05, 0) is 55.8 Å². The lowest BCUT2D eigenvalue weighted by atomic mass is 10.0. The third-order valence-electron chi connectivity index (χ3n) is 6.95. The van der Waals surface area contributed by atoms with Crippen LogP contribution in [-0.2, 0) is 0 Å². The third-order valence-corrected chi connectivity index (χ3v) is 6.95. The van der Waals surface area contributed by atoms with Gasteiger partial charge in [0.15, 0.2) is 5.82 Å². The molecule has 35 heavy (non-hydrogen) atoms. The van der Waals surface area contributed by atoms with Gasteiger partial charge in [0.1, 0.15) is 5.69 Å². The zero-order chi connectivity index (χ0) is 24.4. The van der Waals surface area contributed by atoms with Crippen LogP contribution in [0.1, 0.15) is 38.5 Å². The number of primary amides is 1. The maximum Gasteiger partial charge on any atom is 0.268 e. The number of rotatable bonds is 7. The number of likely N-dealkylation sites (tertiary alicyclic amines) is 2. The minimum atomic E-state index is -0.727. The second-order valence-corrected chi connectivity index (χ2v) is 9.35. The summed E-state index contributed by atoms with van der Waals surface area (Å²) in [5, 5.41) is 0. The van der Waals surface area contributed by atoms with Crippen molar-refractivity contribution < 1.29 is 9.59 Å². The number of hydrogen-bond donors (Lipinski definition) is 1. The first-order valence-electron chi connectivity index (χ1n) is 12.0. The monoisotopic (exact) mass is 469 g/mol. The SMILES string of the molecule is Cc1nc(-c2ccncc2)nc(C(N)=O)c1C(=O)N1CC2CN(CC[CH]c3ccccc3)CC2C1. The van der Waals surface area contributed by atoms with Crippen LogP contribution in [0.2, 0.25) is 0 Å². The molecule has 2 aliphatic rings. The van der Waals surface area contributed by atoms with Crippen LogP contribution in [0.4, 0.5) is 0 Å². The Labute approximate surface area is 205 Å². The fourth-order valence-corrected chi connectivity index (χ4v) is 5.24. The highest BCUT2D eigenvalue weighted by Crippen LogP contribution is 2.33. The lowest BCUT2D eigenvalue weighted by Crippen LogP contribution is -2.35. The van der Waals surface area contributed by atoms with Gasteiger partial charge in [0.05, 0.1) is 11.3 Å². The highest BCUT2D eigenvalue weighted by atomic mass is 16.2. The first-order valence-corrected chi connectivity index (χ1v) is 12.0. The molecule has 2 saturated heterocycles. The van der Waals surface area contributed by atoms with Gasteiger partial charge < -0.3 is 15.5 Å². The van der Waals surface area contributed by atoms with Gasteiger partial charge in [-0.25, -0.2) is 9.97 Å². The van der Waals surface area contributed by atoms with Crippen LogP contribution in [0.3, 0.4) is 0 Å². The summed E-state index contributed by atoms with van der Waals surface area (Å²) < 4.78 is 0. The summed E-state index contributed by atoms with van der Waals surface area (Å²) in [6.45, 7) is 6.06. The molecule has 0 aliphatic carbocycles. The van der Waals surface area contributed by atoms with E-state index in [1.807, 2.05) is 11.0 Å². The molecule has 8 heteroatoms. The number of pyridine rings is 1. The van der Waals surface area contributed by atoms with Gasteiger partial charge in [0.2, 0.25) is 0 Å². The Kier molecular flexibility index (Phi) is 6.55. The molecule has 0 saturated carbocycles. The summed E-state index contributed by atoms with van der Waals surface area (Å²) in [7, 11) is 0. The van der Waals surface area contributed by atoms with E-state index in [1.54, 1.807) is 31.5 Å². The molecule has 2 aliphatic heterocycles. The van der Waals surface area contributed by atoms with Crippen molar-refractivity contribution in [2.75, 3.05) is 32.7 Å². The topological polar surface area (TPSA) is 105 Å². The number of aromatic nitrogens is 3. The number of benzene rings is 1. The van der Waals surface area contributed by atoms with Crippen LogP contribution in [0, 0.1) is 25.2 Å². The lowest BCUT2D eigenvalue weighted by molar-refractivity contribution is 0.0766. The molecule has 5 rings (SSSR count). The van der Waals surface area contributed by atoms with Crippen LogP contribution in [-0.4, -0.2) is 69.3 Å². The second kappa shape index (κ2) is 9.92. The number of fused-ring (bicyclic) bond motifs is 1. The van der Waals surface area contributed by atoms with Crippen LogP contribution in [0.5, 0.6) is 0 Å². The summed E-state index contributed by atoms with van der Waals surface area (Å²) in [5.41, 5.74) is 8.26. The lowest BCUT2D eigenvalue weighted by Gasteiger charge is -2.23. The predicted octanol–water partition coefficient (Wildman–Crippen LogP) is 2.59. The van der Waals surface area contributed by atoms with Crippen molar-refractivity contribution >= 4 is 11.8 Å². The zero-order valence-corrected chi connectivity index (χ0v) is 19.8. The van der Waals surface area contributed by atoms with Gasteiger partial charge in [-0.3, -0.25) is 14.6 Å². The Morgan fingerprint density at radius 2 is 1.69 bits per heavy atom. The second-order valence-electron chi connectivity index (χ2n) is 9.35. The van der Waals surface area contributed by atoms with E-state index in [1.165, 1.54) is 5.56 Å². The van der Waals surface area contributed by atoms with Crippen molar-refractivity contribution in [3.05, 3.63) is 83.8 Å². The number of amides is 2. The number of carbonyl (C=O) groups is 2. The Morgan fingerprint density at radius 1 is 1.00 bits per heavy atom. The quantitative estimate of drug-likeness (QED) is 0.570. The molecule has 2 unspecified atom stereocenters. The molecule has 2 atom stereocenters. The molecule has 179 valence electrons. The average Bonchev–Trinajstić information content (AvgIpc) is 3.43. The standard InChI is InChI=1S/C27H29N6O2/c1-18-23(24(25(28)34)31-26(30-18)20-9-11-29-12-10-20)27(35)33-16-21-14-32(15-22(21)17-33)13-5-8-19-6-3-2-4-7-19/h2-4,6-12,21-22H,5,13-17H2,1H3,(H2,28,34). The number of aryl methyl sites for hydroxylation is 1. The summed E-state index contributed by atoms with van der Waals surface area (Å²) in [5.74, 6) is 0.289. The maximum absolute atomic E-state index is 13.5. The highest BCUT2D eigenvalue weighted by Gasteiger charge is 2.42. The minimum absolute atomic E-state index is 0.0237. The van der Waals surface area contributed by atoms with E-state index in [4.69, 9.17) is 5.73 Å². The van der Waals surface area contributed by atoms with E-state index in [9.17, 15) is 9.59 Å². The van der Waals surface area contributed by atoms with E-state index < -0.39 is 5.91 Å². The largest absolute Gasteiger partial charge is 0.364 e. The molecule has 8 nitrogen and oxygen atoms in total. The van der Waals surface area contributed by atoms with Crippen LogP contribution < -0.4 is 5.73 Å². The van der Waals surface area contributed by atoms with Gasteiger partial charge in [-0.1, -0.05) is 30.3 Å². The number of carbonyl (C=O) groups excluding carboxylic acids is 2. The Balaban J connectivity index is 1.24. The van der Waals surface area contributed by atoms with Crippen molar-refractivity contribution in [1.82, 2.24) is 24.8 Å².